The average molecular weight is 428 g/mol. The minimum absolute atomic E-state index is 0.0211. The van der Waals surface area contributed by atoms with E-state index in [1.165, 1.54) is 32.4 Å². The minimum atomic E-state index is -3.88. The van der Waals surface area contributed by atoms with Crippen molar-refractivity contribution in [1.82, 2.24) is 4.72 Å². The molecule has 1 N–H and O–H groups in total. The van der Waals surface area contributed by atoms with Crippen molar-refractivity contribution in [2.24, 2.45) is 0 Å². The van der Waals surface area contributed by atoms with Gasteiger partial charge in [0.2, 0.25) is 10.0 Å². The van der Waals surface area contributed by atoms with Gasteiger partial charge in [-0.25, -0.2) is 17.9 Å². The summed E-state index contributed by atoms with van der Waals surface area (Å²) in [5, 5.41) is 0.108. The molecule has 0 heterocycles. The summed E-state index contributed by atoms with van der Waals surface area (Å²) in [6.07, 6.45) is -0.0211. The van der Waals surface area contributed by atoms with Crippen LogP contribution in [-0.2, 0) is 21.3 Å². The fourth-order valence-electron chi connectivity index (χ4n) is 2.37. The van der Waals surface area contributed by atoms with Gasteiger partial charge in [-0.05, 0) is 49.7 Å². The Bertz CT molecular complexity index is 959. The fraction of sp³-hybridized carbons (Fsp3) is 0.316. The number of hydrogen-bond acceptors (Lipinski definition) is 6. The van der Waals surface area contributed by atoms with Gasteiger partial charge in [-0.1, -0.05) is 17.7 Å². The van der Waals surface area contributed by atoms with Crippen LogP contribution in [0.4, 0.5) is 0 Å². The van der Waals surface area contributed by atoms with Crippen LogP contribution in [0.5, 0.6) is 11.5 Å². The highest BCUT2D eigenvalue weighted by atomic mass is 35.5. The third-order valence-corrected chi connectivity index (χ3v) is 5.44. The van der Waals surface area contributed by atoms with Crippen molar-refractivity contribution in [3.8, 4) is 11.5 Å². The Labute approximate surface area is 169 Å². The van der Waals surface area contributed by atoms with Crippen LogP contribution in [0.2, 0.25) is 5.02 Å². The first-order valence-corrected chi connectivity index (χ1v) is 10.2. The predicted molar refractivity (Wildman–Crippen MR) is 106 cm³/mol. The summed E-state index contributed by atoms with van der Waals surface area (Å²) in [4.78, 5) is 11.6. The Kier molecular flexibility index (Phi) is 7.29. The molecule has 0 fully saturated rings. The maximum absolute atomic E-state index is 12.6. The van der Waals surface area contributed by atoms with Crippen molar-refractivity contribution in [2.45, 2.75) is 31.4 Å². The number of ether oxygens (including phenoxy) is 3. The summed E-state index contributed by atoms with van der Waals surface area (Å²) in [6, 6.07) is 8.99. The van der Waals surface area contributed by atoms with Crippen LogP contribution in [0.15, 0.2) is 41.3 Å². The van der Waals surface area contributed by atoms with Crippen molar-refractivity contribution in [3.05, 3.63) is 52.5 Å². The number of nitrogens with one attached hydrogen (secondary N) is 1. The molecule has 28 heavy (non-hydrogen) atoms. The largest absolute Gasteiger partial charge is 0.493 e. The molecule has 0 aliphatic carbocycles. The molecule has 9 heteroatoms. The molecule has 152 valence electrons. The predicted octanol–water partition coefficient (Wildman–Crippen LogP) is 3.40. The lowest BCUT2D eigenvalue weighted by molar-refractivity contribution is 0.0600. The van der Waals surface area contributed by atoms with E-state index in [9.17, 15) is 13.2 Å². The van der Waals surface area contributed by atoms with E-state index >= 15 is 0 Å². The van der Waals surface area contributed by atoms with Gasteiger partial charge in [-0.15, -0.1) is 0 Å². The molecule has 2 aromatic carbocycles. The second-order valence-electron chi connectivity index (χ2n) is 6.11. The van der Waals surface area contributed by atoms with Crippen LogP contribution in [0.25, 0.3) is 0 Å². The Hall–Kier alpha value is -2.29. The Morgan fingerprint density at radius 1 is 1.11 bits per heavy atom. The fourth-order valence-corrected chi connectivity index (χ4v) is 3.61. The molecule has 0 radical (unpaired) electrons. The van der Waals surface area contributed by atoms with E-state index in [4.69, 9.17) is 21.1 Å². The first kappa shape index (κ1) is 22.0. The molecule has 0 unspecified atom stereocenters. The molecule has 0 aromatic heterocycles. The molecule has 0 saturated heterocycles. The van der Waals surface area contributed by atoms with Crippen LogP contribution >= 0.6 is 11.6 Å². The third kappa shape index (κ3) is 5.37. The number of benzene rings is 2. The van der Waals surface area contributed by atoms with Gasteiger partial charge in [0, 0.05) is 6.54 Å². The van der Waals surface area contributed by atoms with E-state index in [0.717, 1.165) is 0 Å². The Balaban J connectivity index is 2.21. The number of carbonyl (C=O) groups excluding carboxylic acids is 1. The normalized spacial score (nSPS) is 11.4. The summed E-state index contributed by atoms with van der Waals surface area (Å²) in [5.74, 6) is 0.363. The average Bonchev–Trinajstić information content (AvgIpc) is 2.66. The molecular formula is C19H22ClNO6S. The summed E-state index contributed by atoms with van der Waals surface area (Å²) in [7, 11) is -1.17. The molecule has 2 aromatic rings. The minimum Gasteiger partial charge on any atom is -0.493 e. The highest BCUT2D eigenvalue weighted by Gasteiger charge is 2.19. The van der Waals surface area contributed by atoms with Crippen LogP contribution < -0.4 is 14.2 Å². The molecular weight excluding hydrogens is 406 g/mol. The molecule has 0 aliphatic heterocycles. The zero-order chi connectivity index (χ0) is 20.9. The van der Waals surface area contributed by atoms with E-state index in [2.05, 4.69) is 9.46 Å². The first-order valence-electron chi connectivity index (χ1n) is 8.39. The number of halogens is 1. The van der Waals surface area contributed by atoms with Crippen LogP contribution in [0.1, 0.15) is 29.8 Å². The lowest BCUT2D eigenvalue weighted by Crippen LogP contribution is -2.23. The number of hydrogen-bond donors (Lipinski definition) is 1. The number of rotatable bonds is 8. The quantitative estimate of drug-likeness (QED) is 0.649. The molecule has 0 saturated carbocycles. The molecule has 0 spiro atoms. The van der Waals surface area contributed by atoms with Gasteiger partial charge in [0.1, 0.15) is 0 Å². The van der Waals surface area contributed by atoms with Gasteiger partial charge in [0.05, 0.1) is 35.8 Å². The van der Waals surface area contributed by atoms with Gasteiger partial charge in [-0.2, -0.15) is 0 Å². The summed E-state index contributed by atoms with van der Waals surface area (Å²) in [5.41, 5.74) is 0.655. The van der Waals surface area contributed by atoms with Crippen LogP contribution in [0.3, 0.4) is 0 Å². The van der Waals surface area contributed by atoms with E-state index in [0.29, 0.717) is 17.1 Å². The Morgan fingerprint density at radius 3 is 2.43 bits per heavy atom. The van der Waals surface area contributed by atoms with Gasteiger partial charge < -0.3 is 14.2 Å². The van der Waals surface area contributed by atoms with E-state index in [1.54, 1.807) is 18.2 Å². The zero-order valence-corrected chi connectivity index (χ0v) is 17.6. The van der Waals surface area contributed by atoms with E-state index in [1.807, 2.05) is 13.8 Å². The molecule has 0 aliphatic rings. The van der Waals surface area contributed by atoms with Gasteiger partial charge in [0.15, 0.2) is 11.5 Å². The van der Waals surface area contributed by atoms with Crippen molar-refractivity contribution >= 4 is 27.6 Å². The lowest BCUT2D eigenvalue weighted by atomic mass is 10.2. The lowest BCUT2D eigenvalue weighted by Gasteiger charge is -2.15. The molecule has 0 amide bonds. The van der Waals surface area contributed by atoms with Crippen molar-refractivity contribution < 1.29 is 27.4 Å². The molecule has 7 nitrogen and oxygen atoms in total. The Morgan fingerprint density at radius 2 is 1.82 bits per heavy atom. The number of methoxy groups -OCH3 is 2. The van der Waals surface area contributed by atoms with Gasteiger partial charge in [0.25, 0.3) is 0 Å². The second kappa shape index (κ2) is 9.27. The van der Waals surface area contributed by atoms with Crippen molar-refractivity contribution in [3.63, 3.8) is 0 Å². The van der Waals surface area contributed by atoms with E-state index in [-0.39, 0.29) is 28.1 Å². The monoisotopic (exact) mass is 427 g/mol. The maximum atomic E-state index is 12.6. The zero-order valence-electron chi connectivity index (χ0n) is 16.0. The van der Waals surface area contributed by atoms with Crippen LogP contribution in [-0.4, -0.2) is 34.7 Å². The van der Waals surface area contributed by atoms with Gasteiger partial charge >= 0.3 is 5.97 Å². The van der Waals surface area contributed by atoms with Crippen molar-refractivity contribution in [2.75, 3.05) is 14.2 Å². The SMILES string of the molecule is COC(=O)c1cc(S(=O)(=O)NCc2ccc(OC(C)C)c(OC)c2)ccc1Cl. The maximum Gasteiger partial charge on any atom is 0.339 e. The highest BCUT2D eigenvalue weighted by molar-refractivity contribution is 7.89. The molecule has 0 atom stereocenters. The topological polar surface area (TPSA) is 90.9 Å². The number of carbonyl (C=O) groups is 1. The third-order valence-electron chi connectivity index (χ3n) is 3.71. The highest BCUT2D eigenvalue weighted by Crippen LogP contribution is 2.29. The smallest absolute Gasteiger partial charge is 0.339 e. The first-order chi connectivity index (χ1) is 13.2. The van der Waals surface area contributed by atoms with Crippen molar-refractivity contribution in [1.29, 1.82) is 0 Å². The number of esters is 1. The van der Waals surface area contributed by atoms with E-state index < -0.39 is 16.0 Å². The van der Waals surface area contributed by atoms with Crippen LogP contribution in [0, 0.1) is 0 Å². The summed E-state index contributed by atoms with van der Waals surface area (Å²) < 4.78 is 43.2. The second-order valence-corrected chi connectivity index (χ2v) is 8.28. The van der Waals surface area contributed by atoms with Gasteiger partial charge in [-0.3, -0.25) is 0 Å². The molecule has 2 rings (SSSR count). The standard InChI is InChI=1S/C19H22ClNO6S/c1-12(2)27-17-8-5-13(9-18(17)25-3)11-21-28(23,24)14-6-7-16(20)15(10-14)19(22)26-4/h5-10,12,21H,11H2,1-4H3. The number of sulfonamides is 1. The summed E-state index contributed by atoms with van der Waals surface area (Å²) in [6.45, 7) is 3.82. The summed E-state index contributed by atoms with van der Waals surface area (Å²) >= 11 is 5.94. The molecule has 0 bridgehead atoms.